The smallest absolute Gasteiger partial charge is 0.340 e. The molecule has 0 saturated heterocycles. The highest BCUT2D eigenvalue weighted by molar-refractivity contribution is 5.96. The Balaban J connectivity index is 3.15. The van der Waals surface area contributed by atoms with Gasteiger partial charge in [-0.1, -0.05) is 91.4 Å². The van der Waals surface area contributed by atoms with E-state index in [1.54, 1.807) is 0 Å². The lowest BCUT2D eigenvalue weighted by Crippen LogP contribution is -2.11. The van der Waals surface area contributed by atoms with Gasteiger partial charge in [-0.25, -0.2) is 4.79 Å². The Morgan fingerprint density at radius 1 is 0.636 bits per heavy atom. The average molecular weight is 467 g/mol. The molecule has 0 radical (unpaired) electrons. The van der Waals surface area contributed by atoms with Crippen LogP contribution in [0.2, 0.25) is 0 Å². The number of phenols is 2. The van der Waals surface area contributed by atoms with Crippen LogP contribution in [-0.2, 0) is 6.42 Å². The van der Waals surface area contributed by atoms with Gasteiger partial charge in [-0.2, -0.15) is 0 Å². The fourth-order valence-corrected chi connectivity index (χ4v) is 3.97. The summed E-state index contributed by atoms with van der Waals surface area (Å²) in [5.74, 6) is -2.09. The molecule has 0 aliphatic carbocycles. The van der Waals surface area contributed by atoms with E-state index in [4.69, 9.17) is 9.47 Å². The van der Waals surface area contributed by atoms with Crippen molar-refractivity contribution < 1.29 is 29.6 Å². The zero-order chi connectivity index (χ0) is 24.5. The van der Waals surface area contributed by atoms with Gasteiger partial charge in [0.25, 0.3) is 0 Å². The second-order valence-corrected chi connectivity index (χ2v) is 8.85. The normalized spacial score (nSPS) is 11.0. The first-order valence-corrected chi connectivity index (χ1v) is 13.1. The van der Waals surface area contributed by atoms with Crippen molar-refractivity contribution in [3.05, 3.63) is 11.1 Å². The van der Waals surface area contributed by atoms with Crippen molar-refractivity contribution in [1.82, 2.24) is 0 Å². The topological polar surface area (TPSA) is 96.2 Å². The van der Waals surface area contributed by atoms with Gasteiger partial charge in [0.05, 0.1) is 13.2 Å². The summed E-state index contributed by atoms with van der Waals surface area (Å²) < 4.78 is 11.9. The van der Waals surface area contributed by atoms with Crippen molar-refractivity contribution in [1.29, 1.82) is 0 Å². The molecule has 0 heterocycles. The molecule has 1 aromatic rings. The van der Waals surface area contributed by atoms with E-state index in [-0.39, 0.29) is 17.1 Å². The van der Waals surface area contributed by atoms with Gasteiger partial charge >= 0.3 is 5.97 Å². The minimum absolute atomic E-state index is 0.0745. The number of unbranched alkanes of at least 4 members (excludes halogenated alkanes) is 11. The molecule has 3 N–H and O–H groups in total. The molecule has 1 aromatic carbocycles. The van der Waals surface area contributed by atoms with E-state index in [1.165, 1.54) is 12.8 Å². The lowest BCUT2D eigenvalue weighted by molar-refractivity contribution is 0.0690. The highest BCUT2D eigenvalue weighted by Crippen LogP contribution is 2.49. The maximum Gasteiger partial charge on any atom is 0.340 e. The number of benzene rings is 1. The van der Waals surface area contributed by atoms with Gasteiger partial charge in [-0.05, 0) is 25.7 Å². The number of aromatic carboxylic acids is 1. The molecule has 0 aromatic heterocycles. The Labute approximate surface area is 200 Å². The monoisotopic (exact) mass is 466 g/mol. The zero-order valence-corrected chi connectivity index (χ0v) is 21.1. The molecule has 0 aliphatic heterocycles. The van der Waals surface area contributed by atoms with Gasteiger partial charge in [0, 0.05) is 5.56 Å². The van der Waals surface area contributed by atoms with Crippen molar-refractivity contribution >= 4 is 5.97 Å². The van der Waals surface area contributed by atoms with Crippen molar-refractivity contribution in [2.75, 3.05) is 13.2 Å². The summed E-state index contributed by atoms with van der Waals surface area (Å²) in [5, 5.41) is 31.0. The van der Waals surface area contributed by atoms with E-state index >= 15 is 0 Å². The van der Waals surface area contributed by atoms with Crippen LogP contribution < -0.4 is 9.47 Å². The molecule has 0 bridgehead atoms. The number of hydrogen-bond donors (Lipinski definition) is 3. The maximum absolute atomic E-state index is 12.0. The average Bonchev–Trinajstić information content (AvgIpc) is 2.79. The predicted molar refractivity (Wildman–Crippen MR) is 133 cm³/mol. The molecule has 0 atom stereocenters. The number of rotatable bonds is 20. The summed E-state index contributed by atoms with van der Waals surface area (Å²) in [6.45, 7) is 7.24. The lowest BCUT2D eigenvalue weighted by atomic mass is 9.97. The fourth-order valence-electron chi connectivity index (χ4n) is 3.97. The molecule has 0 aliphatic rings. The number of ether oxygens (including phenoxy) is 2. The summed E-state index contributed by atoms with van der Waals surface area (Å²) in [4.78, 5) is 12.0. The molecule has 0 saturated carbocycles. The summed E-state index contributed by atoms with van der Waals surface area (Å²) >= 11 is 0. The molecular weight excluding hydrogens is 420 g/mol. The second-order valence-electron chi connectivity index (χ2n) is 8.85. The molecule has 6 heteroatoms. The van der Waals surface area contributed by atoms with Gasteiger partial charge in [0.1, 0.15) is 5.56 Å². The first-order chi connectivity index (χ1) is 16.0. The van der Waals surface area contributed by atoms with Gasteiger partial charge in [-0.3, -0.25) is 0 Å². The summed E-state index contributed by atoms with van der Waals surface area (Å²) in [6, 6.07) is 0. The SMILES string of the molecule is CCCCCCCCc1c(OCCCCCC)c(OCCCCCC)c(O)c(O)c1C(=O)O. The van der Waals surface area contributed by atoms with Crippen LogP contribution in [0.1, 0.15) is 127 Å². The molecule has 190 valence electrons. The van der Waals surface area contributed by atoms with Crippen LogP contribution in [0.25, 0.3) is 0 Å². The number of aromatic hydroxyl groups is 2. The van der Waals surface area contributed by atoms with E-state index in [0.29, 0.717) is 25.2 Å². The highest BCUT2D eigenvalue weighted by Gasteiger charge is 2.29. The minimum Gasteiger partial charge on any atom is -0.504 e. The van der Waals surface area contributed by atoms with Crippen LogP contribution in [-0.4, -0.2) is 34.5 Å². The van der Waals surface area contributed by atoms with Gasteiger partial charge in [-0.15, -0.1) is 0 Å². The third-order valence-electron chi connectivity index (χ3n) is 5.94. The third-order valence-corrected chi connectivity index (χ3v) is 5.94. The van der Waals surface area contributed by atoms with Crippen LogP contribution in [0.3, 0.4) is 0 Å². The zero-order valence-electron chi connectivity index (χ0n) is 21.1. The molecule has 0 unspecified atom stereocenters. The number of carboxylic acids is 1. The number of hydrogen-bond acceptors (Lipinski definition) is 5. The Morgan fingerprint density at radius 2 is 1.09 bits per heavy atom. The third kappa shape index (κ3) is 10.1. The van der Waals surface area contributed by atoms with Crippen LogP contribution >= 0.6 is 0 Å². The molecule has 1 rings (SSSR count). The van der Waals surface area contributed by atoms with Crippen LogP contribution in [0, 0.1) is 0 Å². The van der Waals surface area contributed by atoms with E-state index in [2.05, 4.69) is 20.8 Å². The van der Waals surface area contributed by atoms with Crippen molar-refractivity contribution in [3.63, 3.8) is 0 Å². The van der Waals surface area contributed by atoms with Gasteiger partial charge in [0.15, 0.2) is 11.5 Å². The van der Waals surface area contributed by atoms with Crippen molar-refractivity contribution in [3.8, 4) is 23.0 Å². The van der Waals surface area contributed by atoms with E-state index in [1.807, 2.05) is 0 Å². The predicted octanol–water partition coefficient (Wildman–Crippen LogP) is 7.62. The Kier molecular flexibility index (Phi) is 15.2. The highest BCUT2D eigenvalue weighted by atomic mass is 16.5. The van der Waals surface area contributed by atoms with E-state index < -0.39 is 17.5 Å². The first kappa shape index (κ1) is 28.9. The van der Waals surface area contributed by atoms with Crippen LogP contribution in [0.4, 0.5) is 0 Å². The lowest BCUT2D eigenvalue weighted by Gasteiger charge is -2.21. The first-order valence-electron chi connectivity index (χ1n) is 13.1. The largest absolute Gasteiger partial charge is 0.504 e. The maximum atomic E-state index is 12.0. The Hall–Kier alpha value is -2.11. The van der Waals surface area contributed by atoms with Gasteiger partial charge < -0.3 is 24.8 Å². The molecular formula is C27H46O6. The van der Waals surface area contributed by atoms with E-state index in [0.717, 1.165) is 77.0 Å². The minimum atomic E-state index is -1.27. The molecule has 6 nitrogen and oxygen atoms in total. The van der Waals surface area contributed by atoms with Crippen LogP contribution in [0.5, 0.6) is 23.0 Å². The Morgan fingerprint density at radius 3 is 1.61 bits per heavy atom. The van der Waals surface area contributed by atoms with Crippen molar-refractivity contribution in [2.45, 2.75) is 117 Å². The van der Waals surface area contributed by atoms with E-state index in [9.17, 15) is 20.1 Å². The second kappa shape index (κ2) is 17.4. The van der Waals surface area contributed by atoms with Crippen LogP contribution in [0.15, 0.2) is 0 Å². The molecule has 0 fully saturated rings. The molecule has 33 heavy (non-hydrogen) atoms. The standard InChI is InChI=1S/C27H46O6/c1-4-7-10-13-14-15-18-21-22(27(30)31)23(28)24(29)26(33-20-17-12-9-6-3)25(21)32-19-16-11-8-5-2/h28-29H,4-20H2,1-3H3,(H,30,31). The number of carbonyl (C=O) groups is 1. The van der Waals surface area contributed by atoms with Gasteiger partial charge in [0.2, 0.25) is 11.5 Å². The number of phenolic OH excluding ortho intramolecular Hbond substituents is 1. The summed E-state index contributed by atoms with van der Waals surface area (Å²) in [6.07, 6.45) is 14.9. The Bertz CT molecular complexity index is 686. The molecule has 0 spiro atoms. The fraction of sp³-hybridized carbons (Fsp3) is 0.741. The summed E-state index contributed by atoms with van der Waals surface area (Å²) in [5.41, 5.74) is 0.148. The van der Waals surface area contributed by atoms with Crippen molar-refractivity contribution in [2.24, 2.45) is 0 Å². The number of carboxylic acid groups (broad SMARTS) is 1. The summed E-state index contributed by atoms with van der Waals surface area (Å²) in [7, 11) is 0. The quantitative estimate of drug-likeness (QED) is 0.135. The molecule has 0 amide bonds.